The maximum Gasteiger partial charge on any atom is 0.219 e. The molecule has 5 nitrogen and oxygen atoms in total. The molecule has 0 aliphatic carbocycles. The number of carbonyl (C=O) groups is 1. The second kappa shape index (κ2) is 8.35. The smallest absolute Gasteiger partial charge is 0.219 e. The highest BCUT2D eigenvalue weighted by Crippen LogP contribution is 2.33. The number of hydrogen-bond acceptors (Lipinski definition) is 4. The summed E-state index contributed by atoms with van der Waals surface area (Å²) in [4.78, 5) is 25.3. The molecule has 0 unspecified atom stereocenters. The van der Waals surface area contributed by atoms with Crippen LogP contribution < -0.4 is 0 Å². The number of benzene rings is 1. The minimum absolute atomic E-state index is 0.175. The molecule has 1 amide bonds. The number of nitrogens with zero attached hydrogens (tertiary/aromatic N) is 4. The van der Waals surface area contributed by atoms with Crippen LogP contribution in [0.4, 0.5) is 4.39 Å². The van der Waals surface area contributed by atoms with Crippen LogP contribution in [0.1, 0.15) is 44.2 Å². The molecule has 0 radical (unpaired) electrons. The number of amides is 1. The fraction of sp³-hybridized carbons (Fsp3) is 0.500. The average molecular weight is 382 g/mol. The van der Waals surface area contributed by atoms with E-state index >= 15 is 0 Å². The van der Waals surface area contributed by atoms with Gasteiger partial charge < -0.3 is 4.90 Å². The van der Waals surface area contributed by atoms with Gasteiger partial charge in [-0.2, -0.15) is 0 Å². The fourth-order valence-corrected chi connectivity index (χ4v) is 4.61. The number of halogens is 1. The first kappa shape index (κ1) is 19.0. The highest BCUT2D eigenvalue weighted by molar-refractivity contribution is 5.73. The number of piperidine rings is 2. The molecule has 1 aromatic carbocycles. The SMILES string of the molecule is CC(=O)N1CCC(N2CCC[C@@H](c3nccnc3-c3cccc(F)c3)C2)CC1. The van der Waals surface area contributed by atoms with Gasteiger partial charge in [0.25, 0.3) is 0 Å². The highest BCUT2D eigenvalue weighted by Gasteiger charge is 2.31. The predicted octanol–water partition coefficient (Wildman–Crippen LogP) is 3.47. The quantitative estimate of drug-likeness (QED) is 0.816. The van der Waals surface area contributed by atoms with Crippen LogP contribution in [-0.4, -0.2) is 57.9 Å². The van der Waals surface area contributed by atoms with Gasteiger partial charge in [-0.05, 0) is 44.4 Å². The summed E-state index contributed by atoms with van der Waals surface area (Å²) in [7, 11) is 0. The van der Waals surface area contributed by atoms with Crippen LogP contribution in [0, 0.1) is 5.82 Å². The van der Waals surface area contributed by atoms with E-state index < -0.39 is 0 Å². The van der Waals surface area contributed by atoms with Gasteiger partial charge >= 0.3 is 0 Å². The van der Waals surface area contributed by atoms with Crippen molar-refractivity contribution < 1.29 is 9.18 Å². The van der Waals surface area contributed by atoms with Crippen LogP contribution in [0.2, 0.25) is 0 Å². The second-order valence-electron chi connectivity index (χ2n) is 7.87. The van der Waals surface area contributed by atoms with Gasteiger partial charge in [0.05, 0.1) is 11.4 Å². The first-order valence-corrected chi connectivity index (χ1v) is 10.2. The first-order valence-electron chi connectivity index (χ1n) is 10.2. The normalized spacial score (nSPS) is 21.6. The first-order chi connectivity index (χ1) is 13.6. The van der Waals surface area contributed by atoms with E-state index in [0.29, 0.717) is 12.0 Å². The van der Waals surface area contributed by atoms with E-state index in [2.05, 4.69) is 14.9 Å². The molecule has 1 atom stereocenters. The molecule has 0 spiro atoms. The van der Waals surface area contributed by atoms with Gasteiger partial charge in [-0.15, -0.1) is 0 Å². The number of aromatic nitrogens is 2. The number of likely N-dealkylation sites (tertiary alicyclic amines) is 2. The zero-order valence-electron chi connectivity index (χ0n) is 16.4. The molecule has 28 heavy (non-hydrogen) atoms. The van der Waals surface area contributed by atoms with Crippen LogP contribution in [0.3, 0.4) is 0 Å². The van der Waals surface area contributed by atoms with Crippen LogP contribution in [-0.2, 0) is 4.79 Å². The van der Waals surface area contributed by atoms with Gasteiger partial charge in [-0.1, -0.05) is 12.1 Å². The molecule has 0 N–H and O–H groups in total. The lowest BCUT2D eigenvalue weighted by molar-refractivity contribution is -0.130. The Bertz CT molecular complexity index is 835. The Morgan fingerprint density at radius 1 is 1.11 bits per heavy atom. The lowest BCUT2D eigenvalue weighted by Gasteiger charge is -2.42. The molecule has 2 fully saturated rings. The van der Waals surface area contributed by atoms with Gasteiger partial charge in [0.15, 0.2) is 0 Å². The van der Waals surface area contributed by atoms with Crippen molar-refractivity contribution in [1.29, 1.82) is 0 Å². The van der Waals surface area contributed by atoms with Crippen molar-refractivity contribution in [2.75, 3.05) is 26.2 Å². The molecule has 2 aromatic rings. The molecule has 148 valence electrons. The molecule has 1 aromatic heterocycles. The molecule has 2 saturated heterocycles. The van der Waals surface area contributed by atoms with Crippen molar-refractivity contribution in [3.05, 3.63) is 48.2 Å². The Morgan fingerprint density at radius 3 is 2.64 bits per heavy atom. The van der Waals surface area contributed by atoms with Crippen LogP contribution >= 0.6 is 0 Å². The third-order valence-electron chi connectivity index (χ3n) is 6.09. The third-order valence-corrected chi connectivity index (χ3v) is 6.09. The summed E-state index contributed by atoms with van der Waals surface area (Å²) >= 11 is 0. The van der Waals surface area contributed by atoms with Crippen molar-refractivity contribution in [3.63, 3.8) is 0 Å². The largest absolute Gasteiger partial charge is 0.343 e. The molecule has 4 rings (SSSR count). The van der Waals surface area contributed by atoms with Crippen LogP contribution in [0.15, 0.2) is 36.7 Å². The maximum atomic E-state index is 13.7. The van der Waals surface area contributed by atoms with Crippen molar-refractivity contribution in [1.82, 2.24) is 19.8 Å². The summed E-state index contributed by atoms with van der Waals surface area (Å²) in [5.74, 6) is 0.220. The van der Waals surface area contributed by atoms with Crippen molar-refractivity contribution in [2.24, 2.45) is 0 Å². The van der Waals surface area contributed by atoms with E-state index in [1.807, 2.05) is 11.0 Å². The van der Waals surface area contributed by atoms with Crippen molar-refractivity contribution in [2.45, 2.75) is 44.6 Å². The van der Waals surface area contributed by atoms with E-state index in [1.165, 1.54) is 12.1 Å². The van der Waals surface area contributed by atoms with E-state index in [9.17, 15) is 9.18 Å². The van der Waals surface area contributed by atoms with Gasteiger partial charge in [0.2, 0.25) is 5.91 Å². The number of rotatable bonds is 3. The number of hydrogen-bond donors (Lipinski definition) is 0. The standard InChI is InChI=1S/C22H27FN4O/c1-16(28)26-12-7-20(8-13-26)27-11-3-5-18(15-27)22-21(24-9-10-25-22)17-4-2-6-19(23)14-17/h2,4,6,9-10,14,18,20H,3,5,7-8,11-13,15H2,1H3/t18-/m1/s1. The Hall–Kier alpha value is -2.34. The lowest BCUT2D eigenvalue weighted by atomic mass is 9.89. The summed E-state index contributed by atoms with van der Waals surface area (Å²) < 4.78 is 13.7. The molecule has 0 saturated carbocycles. The Kier molecular flexibility index (Phi) is 5.67. The topological polar surface area (TPSA) is 49.3 Å². The van der Waals surface area contributed by atoms with Gasteiger partial charge in [0.1, 0.15) is 5.82 Å². The van der Waals surface area contributed by atoms with Gasteiger partial charge in [-0.3, -0.25) is 19.7 Å². The Labute approximate surface area is 165 Å². The monoisotopic (exact) mass is 382 g/mol. The van der Waals surface area contributed by atoms with E-state index in [4.69, 9.17) is 0 Å². The summed E-state index contributed by atoms with van der Waals surface area (Å²) in [6.07, 6.45) is 7.68. The minimum Gasteiger partial charge on any atom is -0.343 e. The molecule has 2 aliphatic rings. The molecule has 2 aliphatic heterocycles. The van der Waals surface area contributed by atoms with Crippen molar-refractivity contribution in [3.8, 4) is 11.3 Å². The summed E-state index contributed by atoms with van der Waals surface area (Å²) in [6.45, 7) is 5.39. The summed E-state index contributed by atoms with van der Waals surface area (Å²) in [6, 6.07) is 7.13. The molecular weight excluding hydrogens is 355 g/mol. The second-order valence-corrected chi connectivity index (χ2v) is 7.87. The summed E-state index contributed by atoms with van der Waals surface area (Å²) in [5.41, 5.74) is 2.55. The van der Waals surface area contributed by atoms with Gasteiger partial charge in [0, 0.05) is 56.5 Å². The maximum absolute atomic E-state index is 13.7. The van der Waals surface area contributed by atoms with E-state index in [-0.39, 0.29) is 11.7 Å². The number of carbonyl (C=O) groups excluding carboxylic acids is 1. The molecule has 3 heterocycles. The van der Waals surface area contributed by atoms with Gasteiger partial charge in [-0.25, -0.2) is 4.39 Å². The van der Waals surface area contributed by atoms with E-state index in [1.54, 1.807) is 25.4 Å². The van der Waals surface area contributed by atoms with E-state index in [0.717, 1.165) is 68.8 Å². The van der Waals surface area contributed by atoms with Crippen LogP contribution in [0.5, 0.6) is 0 Å². The molecule has 0 bridgehead atoms. The zero-order valence-corrected chi connectivity index (χ0v) is 16.4. The third kappa shape index (κ3) is 4.07. The average Bonchev–Trinajstić information content (AvgIpc) is 2.74. The fourth-order valence-electron chi connectivity index (χ4n) is 4.61. The summed E-state index contributed by atoms with van der Waals surface area (Å²) in [5, 5.41) is 0. The van der Waals surface area contributed by atoms with Crippen molar-refractivity contribution >= 4 is 5.91 Å². The zero-order chi connectivity index (χ0) is 19.5. The molecular formula is C22H27FN4O. The van der Waals surface area contributed by atoms with Crippen LogP contribution in [0.25, 0.3) is 11.3 Å². The minimum atomic E-state index is -0.253. The molecule has 6 heteroatoms. The highest BCUT2D eigenvalue weighted by atomic mass is 19.1. The Morgan fingerprint density at radius 2 is 1.89 bits per heavy atom. The Balaban J connectivity index is 1.51. The lowest BCUT2D eigenvalue weighted by Crippen LogP contribution is -2.49. The predicted molar refractivity (Wildman–Crippen MR) is 106 cm³/mol.